The van der Waals surface area contributed by atoms with E-state index in [-0.39, 0.29) is 12.1 Å². The lowest BCUT2D eigenvalue weighted by molar-refractivity contribution is 0.116. The van der Waals surface area contributed by atoms with Crippen molar-refractivity contribution < 1.29 is 9.26 Å². The molecule has 0 unspecified atom stereocenters. The SMILES string of the molecule is CO[C@@H]1CN[C@@H](c2nc(Cc3ccccc3Cl)no2)C1. The third kappa shape index (κ3) is 2.85. The highest BCUT2D eigenvalue weighted by Crippen LogP contribution is 2.24. The first-order chi connectivity index (χ1) is 9.76. The van der Waals surface area contributed by atoms with Gasteiger partial charge >= 0.3 is 0 Å². The Labute approximate surface area is 122 Å². The lowest BCUT2D eigenvalue weighted by Crippen LogP contribution is -2.16. The molecule has 1 N–H and O–H groups in total. The molecule has 0 aliphatic carbocycles. The summed E-state index contributed by atoms with van der Waals surface area (Å²) in [4.78, 5) is 4.44. The first-order valence-corrected chi connectivity index (χ1v) is 6.96. The molecule has 2 atom stereocenters. The zero-order valence-electron chi connectivity index (χ0n) is 11.2. The molecule has 2 aromatic rings. The van der Waals surface area contributed by atoms with Crippen LogP contribution >= 0.6 is 11.6 Å². The lowest BCUT2D eigenvalue weighted by Gasteiger charge is -2.04. The maximum atomic E-state index is 6.13. The second kappa shape index (κ2) is 5.91. The van der Waals surface area contributed by atoms with E-state index in [0.29, 0.717) is 18.1 Å². The molecule has 1 aromatic heterocycles. The van der Waals surface area contributed by atoms with E-state index >= 15 is 0 Å². The summed E-state index contributed by atoms with van der Waals surface area (Å²) < 4.78 is 10.6. The van der Waals surface area contributed by atoms with Gasteiger partial charge in [-0.3, -0.25) is 0 Å². The number of benzene rings is 1. The molecule has 0 saturated carbocycles. The number of methoxy groups -OCH3 is 1. The minimum Gasteiger partial charge on any atom is -0.380 e. The van der Waals surface area contributed by atoms with E-state index < -0.39 is 0 Å². The molecule has 106 valence electrons. The van der Waals surface area contributed by atoms with E-state index in [2.05, 4.69) is 15.5 Å². The molecule has 0 radical (unpaired) electrons. The molecule has 0 amide bonds. The van der Waals surface area contributed by atoms with Crippen molar-refractivity contribution in [1.29, 1.82) is 0 Å². The highest BCUT2D eigenvalue weighted by atomic mass is 35.5. The summed E-state index contributed by atoms with van der Waals surface area (Å²) in [7, 11) is 1.71. The molecule has 6 heteroatoms. The van der Waals surface area contributed by atoms with Crippen LogP contribution in [0.3, 0.4) is 0 Å². The van der Waals surface area contributed by atoms with Gasteiger partial charge in [0.25, 0.3) is 0 Å². The number of hydrogen-bond acceptors (Lipinski definition) is 5. The summed E-state index contributed by atoms with van der Waals surface area (Å²) in [6.07, 6.45) is 1.63. The Hall–Kier alpha value is -1.43. The van der Waals surface area contributed by atoms with E-state index in [1.807, 2.05) is 24.3 Å². The second-order valence-corrected chi connectivity index (χ2v) is 5.28. The Balaban J connectivity index is 1.70. The molecule has 0 spiro atoms. The third-order valence-electron chi connectivity index (χ3n) is 3.51. The highest BCUT2D eigenvalue weighted by Gasteiger charge is 2.29. The molecule has 1 aliphatic heterocycles. The predicted molar refractivity (Wildman–Crippen MR) is 74.7 cm³/mol. The maximum absolute atomic E-state index is 6.13. The standard InChI is InChI=1S/C14H16ClN3O2/c1-19-10-7-12(16-8-10)14-17-13(18-20-14)6-9-4-2-3-5-11(9)15/h2-5,10,12,16H,6-8H2,1H3/t10-,12+/m0/s1. The molecular weight excluding hydrogens is 278 g/mol. The number of rotatable bonds is 4. The van der Waals surface area contributed by atoms with Gasteiger partial charge in [0.15, 0.2) is 5.82 Å². The van der Waals surface area contributed by atoms with Gasteiger partial charge in [-0.25, -0.2) is 0 Å². The van der Waals surface area contributed by atoms with Crippen molar-refractivity contribution in [2.24, 2.45) is 0 Å². The molecule has 1 aliphatic rings. The topological polar surface area (TPSA) is 60.2 Å². The Morgan fingerprint density at radius 1 is 1.45 bits per heavy atom. The first kappa shape index (κ1) is 13.5. The fourth-order valence-corrected chi connectivity index (χ4v) is 2.57. The van der Waals surface area contributed by atoms with Gasteiger partial charge < -0.3 is 14.6 Å². The van der Waals surface area contributed by atoms with Gasteiger partial charge in [-0.15, -0.1) is 0 Å². The van der Waals surface area contributed by atoms with Crippen LogP contribution in [0.4, 0.5) is 0 Å². The number of hydrogen-bond donors (Lipinski definition) is 1. The van der Waals surface area contributed by atoms with Crippen LogP contribution in [0.15, 0.2) is 28.8 Å². The fourth-order valence-electron chi connectivity index (χ4n) is 2.36. The van der Waals surface area contributed by atoms with Crippen molar-refractivity contribution >= 4 is 11.6 Å². The van der Waals surface area contributed by atoms with E-state index in [1.54, 1.807) is 7.11 Å². The van der Waals surface area contributed by atoms with Crippen molar-refractivity contribution in [2.45, 2.75) is 25.0 Å². The van der Waals surface area contributed by atoms with Crippen LogP contribution in [-0.2, 0) is 11.2 Å². The number of ether oxygens (including phenoxy) is 1. The zero-order valence-corrected chi connectivity index (χ0v) is 11.9. The van der Waals surface area contributed by atoms with Crippen molar-refractivity contribution in [3.05, 3.63) is 46.6 Å². The predicted octanol–water partition coefficient (Wildman–Crippen LogP) is 2.36. The van der Waals surface area contributed by atoms with E-state index in [4.69, 9.17) is 20.9 Å². The fraction of sp³-hybridized carbons (Fsp3) is 0.429. The van der Waals surface area contributed by atoms with Gasteiger partial charge in [0.1, 0.15) is 0 Å². The molecule has 3 rings (SSSR count). The Morgan fingerprint density at radius 2 is 2.30 bits per heavy atom. The summed E-state index contributed by atoms with van der Waals surface area (Å²) in [5.41, 5.74) is 0.996. The van der Waals surface area contributed by atoms with Crippen molar-refractivity contribution in [3.63, 3.8) is 0 Å². The minimum absolute atomic E-state index is 0.0763. The van der Waals surface area contributed by atoms with Crippen LogP contribution in [0.5, 0.6) is 0 Å². The minimum atomic E-state index is 0.0763. The zero-order chi connectivity index (χ0) is 13.9. The largest absolute Gasteiger partial charge is 0.380 e. The summed E-state index contributed by atoms with van der Waals surface area (Å²) >= 11 is 6.13. The Kier molecular flexibility index (Phi) is 4.00. The number of aromatic nitrogens is 2. The van der Waals surface area contributed by atoms with Gasteiger partial charge in [-0.05, 0) is 18.1 Å². The molecule has 2 heterocycles. The molecule has 1 aromatic carbocycles. The monoisotopic (exact) mass is 293 g/mol. The van der Waals surface area contributed by atoms with Crippen LogP contribution in [0.2, 0.25) is 5.02 Å². The van der Waals surface area contributed by atoms with Gasteiger partial charge in [-0.1, -0.05) is 35.0 Å². The quantitative estimate of drug-likeness (QED) is 0.938. The summed E-state index contributed by atoms with van der Waals surface area (Å²) in [5.74, 6) is 1.27. The molecule has 1 saturated heterocycles. The average molecular weight is 294 g/mol. The first-order valence-electron chi connectivity index (χ1n) is 6.58. The Bertz CT molecular complexity index is 587. The van der Waals surface area contributed by atoms with Gasteiger partial charge in [0.05, 0.1) is 12.1 Å². The number of nitrogens with zero attached hydrogens (tertiary/aromatic N) is 2. The van der Waals surface area contributed by atoms with Crippen molar-refractivity contribution in [3.8, 4) is 0 Å². The normalized spacial score (nSPS) is 22.3. The van der Waals surface area contributed by atoms with E-state index in [1.165, 1.54) is 0 Å². The van der Waals surface area contributed by atoms with Crippen LogP contribution in [-0.4, -0.2) is 29.9 Å². The molecule has 5 nitrogen and oxygen atoms in total. The Morgan fingerprint density at radius 3 is 3.05 bits per heavy atom. The smallest absolute Gasteiger partial charge is 0.243 e. The second-order valence-electron chi connectivity index (χ2n) is 4.87. The van der Waals surface area contributed by atoms with Gasteiger partial charge in [0, 0.05) is 25.1 Å². The van der Waals surface area contributed by atoms with Gasteiger partial charge in [-0.2, -0.15) is 4.98 Å². The van der Waals surface area contributed by atoms with Crippen LogP contribution in [0.1, 0.15) is 29.7 Å². The maximum Gasteiger partial charge on any atom is 0.243 e. The number of nitrogens with one attached hydrogen (secondary N) is 1. The summed E-state index contributed by atoms with van der Waals surface area (Å²) in [6, 6.07) is 7.75. The van der Waals surface area contributed by atoms with E-state index in [0.717, 1.165) is 23.6 Å². The van der Waals surface area contributed by atoms with Crippen LogP contribution in [0, 0.1) is 0 Å². The average Bonchev–Trinajstić information content (AvgIpc) is 3.10. The molecule has 1 fully saturated rings. The third-order valence-corrected chi connectivity index (χ3v) is 3.88. The van der Waals surface area contributed by atoms with E-state index in [9.17, 15) is 0 Å². The number of halogens is 1. The molecular formula is C14H16ClN3O2. The van der Waals surface area contributed by atoms with Crippen molar-refractivity contribution in [2.75, 3.05) is 13.7 Å². The van der Waals surface area contributed by atoms with Gasteiger partial charge in [0.2, 0.25) is 5.89 Å². The summed E-state index contributed by atoms with van der Waals surface area (Å²) in [5, 5.41) is 8.06. The van der Waals surface area contributed by atoms with Crippen LogP contribution in [0.25, 0.3) is 0 Å². The molecule has 0 bridgehead atoms. The molecule has 20 heavy (non-hydrogen) atoms. The highest BCUT2D eigenvalue weighted by molar-refractivity contribution is 6.31. The van der Waals surface area contributed by atoms with Crippen LogP contribution < -0.4 is 5.32 Å². The lowest BCUT2D eigenvalue weighted by atomic mass is 10.1. The summed E-state index contributed by atoms with van der Waals surface area (Å²) in [6.45, 7) is 0.809. The van der Waals surface area contributed by atoms with Crippen molar-refractivity contribution in [1.82, 2.24) is 15.5 Å².